The number of hydrogen-bond donors (Lipinski definition) is 2. The van der Waals surface area contributed by atoms with E-state index in [0.29, 0.717) is 13.1 Å². The molecule has 2 N–H and O–H groups in total. The number of aromatic nitrogens is 1. The monoisotopic (exact) mass is 205 g/mol. The van der Waals surface area contributed by atoms with E-state index in [1.54, 1.807) is 18.6 Å². The van der Waals surface area contributed by atoms with E-state index in [1.807, 2.05) is 12.1 Å². The van der Waals surface area contributed by atoms with Crippen LogP contribution in [-0.4, -0.2) is 28.8 Å². The largest absolute Gasteiger partial charge is 0.352 e. The maximum atomic E-state index is 11.2. The Hall–Kier alpha value is -1.95. The number of pyridine rings is 1. The molecule has 15 heavy (non-hydrogen) atoms. The third-order valence-electron chi connectivity index (χ3n) is 1.96. The van der Waals surface area contributed by atoms with Gasteiger partial charge in [0.15, 0.2) is 0 Å². The maximum Gasteiger partial charge on any atom is 0.352 e. The number of nitrogens with zero attached hydrogens (tertiary/aromatic N) is 3. The van der Waals surface area contributed by atoms with Gasteiger partial charge in [0.05, 0.1) is 6.54 Å². The van der Waals surface area contributed by atoms with Crippen molar-refractivity contribution in [1.82, 2.24) is 20.8 Å². The van der Waals surface area contributed by atoms with Gasteiger partial charge in [-0.25, -0.2) is 15.6 Å². The van der Waals surface area contributed by atoms with Gasteiger partial charge in [0.2, 0.25) is 0 Å². The topological polar surface area (TPSA) is 69.6 Å². The van der Waals surface area contributed by atoms with Crippen molar-refractivity contribution in [3.8, 4) is 0 Å². The number of carbonyl (C=O) groups excluding carboxylic acids is 1. The highest BCUT2D eigenvalue weighted by Crippen LogP contribution is 1.96. The number of amides is 2. The molecule has 0 aromatic carbocycles. The molecular formula is C9H11N5O. The van der Waals surface area contributed by atoms with Crippen LogP contribution in [0.5, 0.6) is 0 Å². The molecule has 0 radical (unpaired) electrons. The minimum absolute atomic E-state index is 0.249. The molecule has 0 saturated carbocycles. The van der Waals surface area contributed by atoms with Gasteiger partial charge in [0, 0.05) is 25.2 Å². The molecule has 0 atom stereocenters. The fraction of sp³-hybridized carbons (Fsp3) is 0.222. The van der Waals surface area contributed by atoms with Gasteiger partial charge in [-0.05, 0) is 11.6 Å². The zero-order valence-corrected chi connectivity index (χ0v) is 8.05. The molecular weight excluding hydrogens is 194 g/mol. The molecule has 1 aromatic rings. The fourth-order valence-corrected chi connectivity index (χ4v) is 1.19. The van der Waals surface area contributed by atoms with E-state index in [1.165, 1.54) is 5.01 Å². The van der Waals surface area contributed by atoms with Crippen LogP contribution in [0.3, 0.4) is 0 Å². The van der Waals surface area contributed by atoms with Crippen molar-refractivity contribution >= 4 is 12.2 Å². The summed E-state index contributed by atoms with van der Waals surface area (Å²) in [5, 5.41) is 5.10. The van der Waals surface area contributed by atoms with Crippen molar-refractivity contribution in [1.29, 1.82) is 0 Å². The van der Waals surface area contributed by atoms with Crippen LogP contribution in [0.25, 0.3) is 0 Å². The first-order valence-corrected chi connectivity index (χ1v) is 4.58. The van der Waals surface area contributed by atoms with Crippen molar-refractivity contribution in [3.63, 3.8) is 0 Å². The summed E-state index contributed by atoms with van der Waals surface area (Å²) in [6.07, 6.45) is 5.09. The lowest BCUT2D eigenvalue weighted by Gasteiger charge is -2.23. The van der Waals surface area contributed by atoms with Crippen molar-refractivity contribution in [2.75, 3.05) is 6.54 Å². The molecule has 2 rings (SSSR count). The van der Waals surface area contributed by atoms with E-state index < -0.39 is 0 Å². The summed E-state index contributed by atoms with van der Waals surface area (Å²) in [6.45, 7) is 1.03. The Morgan fingerprint density at radius 3 is 3.27 bits per heavy atom. The highest BCUT2D eigenvalue weighted by molar-refractivity contribution is 5.80. The Bertz CT molecular complexity index is 364. The third kappa shape index (κ3) is 2.50. The van der Waals surface area contributed by atoms with E-state index in [2.05, 4.69) is 20.9 Å². The average molecular weight is 205 g/mol. The molecule has 2 amide bonds. The zero-order valence-electron chi connectivity index (χ0n) is 8.05. The van der Waals surface area contributed by atoms with Gasteiger partial charge in [0.25, 0.3) is 0 Å². The summed E-state index contributed by atoms with van der Waals surface area (Å²) < 4.78 is 0. The van der Waals surface area contributed by atoms with Gasteiger partial charge >= 0.3 is 6.03 Å². The molecule has 0 fully saturated rings. The van der Waals surface area contributed by atoms with Crippen LogP contribution in [0.2, 0.25) is 0 Å². The van der Waals surface area contributed by atoms with E-state index in [0.717, 1.165) is 5.56 Å². The van der Waals surface area contributed by atoms with Gasteiger partial charge in [-0.1, -0.05) is 6.07 Å². The number of carbonyl (C=O) groups is 1. The molecule has 1 aliphatic heterocycles. The van der Waals surface area contributed by atoms with Crippen LogP contribution in [0.4, 0.5) is 4.79 Å². The molecule has 0 aliphatic carbocycles. The summed E-state index contributed by atoms with van der Waals surface area (Å²) in [7, 11) is 0. The summed E-state index contributed by atoms with van der Waals surface area (Å²) in [5.74, 6) is 0. The van der Waals surface area contributed by atoms with E-state index in [9.17, 15) is 4.79 Å². The lowest BCUT2D eigenvalue weighted by molar-refractivity contribution is 0.177. The smallest absolute Gasteiger partial charge is 0.264 e. The Morgan fingerprint density at radius 1 is 1.60 bits per heavy atom. The zero-order chi connectivity index (χ0) is 10.5. The molecule has 2 heterocycles. The van der Waals surface area contributed by atoms with Crippen LogP contribution < -0.4 is 10.9 Å². The molecule has 6 heteroatoms. The molecule has 1 aliphatic rings. The molecule has 78 valence electrons. The predicted molar refractivity (Wildman–Crippen MR) is 54.8 cm³/mol. The van der Waals surface area contributed by atoms with E-state index in [-0.39, 0.29) is 6.03 Å². The Morgan fingerprint density at radius 2 is 2.53 bits per heavy atom. The fourth-order valence-electron chi connectivity index (χ4n) is 1.19. The number of hydrazone groups is 1. The van der Waals surface area contributed by atoms with E-state index in [4.69, 9.17) is 0 Å². The van der Waals surface area contributed by atoms with Crippen LogP contribution in [0.1, 0.15) is 5.56 Å². The van der Waals surface area contributed by atoms with Crippen molar-refractivity contribution in [2.24, 2.45) is 5.10 Å². The van der Waals surface area contributed by atoms with Crippen LogP contribution >= 0.6 is 0 Å². The highest BCUT2D eigenvalue weighted by Gasteiger charge is 2.13. The molecule has 1 aromatic heterocycles. The van der Waals surface area contributed by atoms with Gasteiger partial charge in [0.1, 0.15) is 0 Å². The Labute approximate surface area is 87.0 Å². The first-order chi connectivity index (χ1) is 7.36. The SMILES string of the molecule is O=C1NN=CCN1NCc1cccnc1. The average Bonchev–Trinajstić information content (AvgIpc) is 2.29. The Balaban J connectivity index is 1.88. The number of hydrogen-bond acceptors (Lipinski definition) is 4. The molecule has 0 unspecified atom stereocenters. The van der Waals surface area contributed by atoms with Crippen LogP contribution in [0.15, 0.2) is 29.6 Å². The second-order valence-electron chi connectivity index (χ2n) is 3.04. The van der Waals surface area contributed by atoms with Crippen molar-refractivity contribution in [3.05, 3.63) is 30.1 Å². The second kappa shape index (κ2) is 4.52. The standard InChI is InChI=1S/C9H11N5O/c15-9-13-11-4-5-14(9)12-7-8-2-1-3-10-6-8/h1-4,6,12H,5,7H2,(H,13,15). The summed E-state index contributed by atoms with van der Waals surface area (Å²) >= 11 is 0. The number of hydrazine groups is 1. The van der Waals surface area contributed by atoms with Crippen molar-refractivity contribution < 1.29 is 4.79 Å². The third-order valence-corrected chi connectivity index (χ3v) is 1.96. The quantitative estimate of drug-likeness (QED) is 0.735. The lowest BCUT2D eigenvalue weighted by Crippen LogP contribution is -2.50. The van der Waals surface area contributed by atoms with Gasteiger partial charge < -0.3 is 0 Å². The predicted octanol–water partition coefficient (Wildman–Crippen LogP) is 0.0972. The number of rotatable bonds is 3. The van der Waals surface area contributed by atoms with Gasteiger partial charge in [-0.2, -0.15) is 5.10 Å². The summed E-state index contributed by atoms with van der Waals surface area (Å²) in [4.78, 5) is 15.2. The van der Waals surface area contributed by atoms with E-state index >= 15 is 0 Å². The summed E-state index contributed by atoms with van der Waals surface area (Å²) in [6, 6.07) is 3.55. The van der Waals surface area contributed by atoms with Crippen LogP contribution in [0, 0.1) is 0 Å². The molecule has 0 spiro atoms. The minimum Gasteiger partial charge on any atom is -0.264 e. The summed E-state index contributed by atoms with van der Waals surface area (Å²) in [5.41, 5.74) is 6.35. The highest BCUT2D eigenvalue weighted by atomic mass is 16.2. The van der Waals surface area contributed by atoms with Gasteiger partial charge in [-0.3, -0.25) is 9.99 Å². The van der Waals surface area contributed by atoms with Gasteiger partial charge in [-0.15, -0.1) is 0 Å². The van der Waals surface area contributed by atoms with Crippen molar-refractivity contribution in [2.45, 2.75) is 6.54 Å². The second-order valence-corrected chi connectivity index (χ2v) is 3.04. The number of nitrogens with one attached hydrogen (secondary N) is 2. The lowest BCUT2D eigenvalue weighted by atomic mass is 10.3. The molecule has 0 bridgehead atoms. The minimum atomic E-state index is -0.249. The number of urea groups is 1. The molecule has 6 nitrogen and oxygen atoms in total. The normalized spacial score (nSPS) is 15.2. The molecule has 0 saturated heterocycles. The maximum absolute atomic E-state index is 11.2. The Kier molecular flexibility index (Phi) is 2.89. The first kappa shape index (κ1) is 9.60. The first-order valence-electron chi connectivity index (χ1n) is 4.58. The van der Waals surface area contributed by atoms with Crippen LogP contribution in [-0.2, 0) is 6.54 Å².